The molecule has 0 bridgehead atoms. The Hall–Kier alpha value is -0.940. The molecule has 1 aliphatic heterocycles. The fourth-order valence-electron chi connectivity index (χ4n) is 2.76. The lowest BCUT2D eigenvalue weighted by molar-refractivity contribution is -0.152. The highest BCUT2D eigenvalue weighted by Crippen LogP contribution is 2.56. The maximum absolute atomic E-state index is 11.4. The van der Waals surface area contributed by atoms with E-state index in [9.17, 15) is 14.7 Å². The zero-order valence-electron chi connectivity index (χ0n) is 10.4. The van der Waals surface area contributed by atoms with E-state index in [2.05, 4.69) is 4.74 Å². The molecule has 2 fully saturated rings. The molecule has 1 saturated carbocycles. The molecular weight excluding hydrogens is 224 g/mol. The molecule has 1 saturated heterocycles. The quantitative estimate of drug-likeness (QED) is 0.574. The maximum atomic E-state index is 11.4. The first-order valence-electron chi connectivity index (χ1n) is 5.80. The van der Waals surface area contributed by atoms with Gasteiger partial charge in [0, 0.05) is 5.92 Å². The number of ketones is 1. The number of fused-ring (bicyclic) bond motifs is 1. The minimum absolute atomic E-state index is 0.0332. The van der Waals surface area contributed by atoms with Crippen molar-refractivity contribution in [3.8, 4) is 0 Å². The van der Waals surface area contributed by atoms with Gasteiger partial charge >= 0.3 is 5.97 Å². The van der Waals surface area contributed by atoms with Crippen LogP contribution >= 0.6 is 0 Å². The summed E-state index contributed by atoms with van der Waals surface area (Å²) in [4.78, 5) is 22.8. The summed E-state index contributed by atoms with van der Waals surface area (Å²) in [6, 6.07) is 0. The smallest absolute Gasteiger partial charge is 0.308 e. The molecule has 1 N–H and O–H groups in total. The highest BCUT2D eigenvalue weighted by molar-refractivity contribution is 5.79. The lowest BCUT2D eigenvalue weighted by atomic mass is 9.69. The van der Waals surface area contributed by atoms with Crippen molar-refractivity contribution in [2.75, 3.05) is 7.11 Å². The maximum Gasteiger partial charge on any atom is 0.308 e. The summed E-state index contributed by atoms with van der Waals surface area (Å²) >= 11 is 0. The molecule has 3 unspecified atom stereocenters. The molecule has 17 heavy (non-hydrogen) atoms. The molecule has 0 aromatic carbocycles. The molecule has 1 aliphatic carbocycles. The second-order valence-electron chi connectivity index (χ2n) is 5.25. The molecule has 0 aromatic heterocycles. The van der Waals surface area contributed by atoms with Crippen LogP contribution in [0.2, 0.25) is 0 Å². The summed E-state index contributed by atoms with van der Waals surface area (Å²) in [6.45, 7) is 3.30. The van der Waals surface area contributed by atoms with E-state index in [0.717, 1.165) is 0 Å². The Morgan fingerprint density at radius 3 is 2.71 bits per heavy atom. The van der Waals surface area contributed by atoms with Crippen LogP contribution in [0.4, 0.5) is 0 Å². The van der Waals surface area contributed by atoms with Crippen molar-refractivity contribution in [2.45, 2.75) is 50.4 Å². The summed E-state index contributed by atoms with van der Waals surface area (Å²) in [7, 11) is 1.28. The van der Waals surface area contributed by atoms with Crippen molar-refractivity contribution >= 4 is 11.8 Å². The van der Waals surface area contributed by atoms with Crippen molar-refractivity contribution in [3.63, 3.8) is 0 Å². The average molecular weight is 242 g/mol. The molecule has 96 valence electrons. The van der Waals surface area contributed by atoms with Crippen LogP contribution in [0.25, 0.3) is 0 Å². The van der Waals surface area contributed by atoms with Gasteiger partial charge in [-0.2, -0.15) is 0 Å². The minimum atomic E-state index is -1.29. The topological polar surface area (TPSA) is 76.1 Å². The van der Waals surface area contributed by atoms with E-state index in [1.165, 1.54) is 14.0 Å². The van der Waals surface area contributed by atoms with E-state index in [1.807, 2.05) is 0 Å². The van der Waals surface area contributed by atoms with Gasteiger partial charge in [0.05, 0.1) is 19.6 Å². The monoisotopic (exact) mass is 242 g/mol. The van der Waals surface area contributed by atoms with Gasteiger partial charge in [0.15, 0.2) is 0 Å². The van der Waals surface area contributed by atoms with Gasteiger partial charge < -0.3 is 14.6 Å². The highest BCUT2D eigenvalue weighted by atomic mass is 16.6. The molecule has 2 rings (SSSR count). The zero-order valence-corrected chi connectivity index (χ0v) is 10.4. The van der Waals surface area contributed by atoms with Gasteiger partial charge in [-0.05, 0) is 26.7 Å². The third kappa shape index (κ3) is 1.87. The Bertz CT molecular complexity index is 366. The van der Waals surface area contributed by atoms with E-state index in [-0.39, 0.29) is 30.6 Å². The lowest BCUT2D eigenvalue weighted by Gasteiger charge is -2.37. The zero-order chi connectivity index (χ0) is 12.8. The van der Waals surface area contributed by atoms with Crippen LogP contribution < -0.4 is 0 Å². The standard InChI is InChI=1S/C12H18O5/c1-7(13)8-4-9-11(2,17-9)12(15,5-8)6-10(14)16-3/h8-9,15H,4-6H2,1-3H3/t8-,9?,11?,12?/m0/s1. The Balaban J connectivity index is 2.18. The third-order valence-corrected chi connectivity index (χ3v) is 4.19. The largest absolute Gasteiger partial charge is 0.469 e. The second kappa shape index (κ2) is 3.78. The van der Waals surface area contributed by atoms with Crippen molar-refractivity contribution in [1.82, 2.24) is 0 Å². The molecule has 5 nitrogen and oxygen atoms in total. The fraction of sp³-hybridized carbons (Fsp3) is 0.833. The van der Waals surface area contributed by atoms with Gasteiger partial charge in [0.2, 0.25) is 0 Å². The predicted molar refractivity (Wildman–Crippen MR) is 58.3 cm³/mol. The van der Waals surface area contributed by atoms with Crippen LogP contribution in [0.5, 0.6) is 0 Å². The van der Waals surface area contributed by atoms with Crippen molar-refractivity contribution < 1.29 is 24.2 Å². The van der Waals surface area contributed by atoms with Gasteiger partial charge in [0.25, 0.3) is 0 Å². The Kier molecular flexibility index (Phi) is 2.78. The first-order valence-corrected chi connectivity index (χ1v) is 5.80. The van der Waals surface area contributed by atoms with Crippen molar-refractivity contribution in [2.24, 2.45) is 5.92 Å². The van der Waals surface area contributed by atoms with Crippen molar-refractivity contribution in [1.29, 1.82) is 0 Å². The molecule has 0 spiro atoms. The van der Waals surface area contributed by atoms with Crippen LogP contribution in [0.15, 0.2) is 0 Å². The number of carbonyl (C=O) groups excluding carboxylic acids is 2. The van der Waals surface area contributed by atoms with E-state index in [1.54, 1.807) is 6.92 Å². The van der Waals surface area contributed by atoms with Crippen LogP contribution in [-0.4, -0.2) is 41.3 Å². The molecule has 0 amide bonds. The summed E-state index contributed by atoms with van der Waals surface area (Å²) in [5.74, 6) is -0.678. The van der Waals surface area contributed by atoms with Gasteiger partial charge in [-0.25, -0.2) is 0 Å². The highest BCUT2D eigenvalue weighted by Gasteiger charge is 2.69. The average Bonchev–Trinajstić information content (AvgIpc) is 2.90. The van der Waals surface area contributed by atoms with Gasteiger partial charge in [0.1, 0.15) is 17.0 Å². The molecule has 5 heteroatoms. The normalized spacial score (nSPS) is 43.8. The molecular formula is C12H18O5. The predicted octanol–water partition coefficient (Wildman–Crippen LogP) is 0.437. The summed E-state index contributed by atoms with van der Waals surface area (Å²) in [6.07, 6.45) is 0.653. The first kappa shape index (κ1) is 12.5. The number of hydrogen-bond acceptors (Lipinski definition) is 5. The molecule has 1 heterocycles. The van der Waals surface area contributed by atoms with Crippen LogP contribution in [0, 0.1) is 5.92 Å². The number of Topliss-reactive ketones (excluding diaryl/α,β-unsaturated/α-hetero) is 1. The van der Waals surface area contributed by atoms with E-state index in [0.29, 0.717) is 6.42 Å². The summed E-state index contributed by atoms with van der Waals surface area (Å²) in [5, 5.41) is 10.6. The SMILES string of the molecule is COC(=O)CC1(O)C[C@@H](C(C)=O)CC2OC21C. The van der Waals surface area contributed by atoms with Gasteiger partial charge in [-0.1, -0.05) is 0 Å². The first-order chi connectivity index (χ1) is 7.82. The van der Waals surface area contributed by atoms with E-state index >= 15 is 0 Å². The third-order valence-electron chi connectivity index (χ3n) is 4.19. The fourth-order valence-corrected chi connectivity index (χ4v) is 2.76. The number of methoxy groups -OCH3 is 1. The number of rotatable bonds is 3. The molecule has 2 aliphatic rings. The molecule has 0 radical (unpaired) electrons. The Labute approximate surface area is 100 Å². The van der Waals surface area contributed by atoms with Crippen LogP contribution in [0.3, 0.4) is 0 Å². The second-order valence-corrected chi connectivity index (χ2v) is 5.25. The Morgan fingerprint density at radius 1 is 1.53 bits per heavy atom. The number of esters is 1. The van der Waals surface area contributed by atoms with Crippen molar-refractivity contribution in [3.05, 3.63) is 0 Å². The van der Waals surface area contributed by atoms with Crippen LogP contribution in [0.1, 0.15) is 33.1 Å². The number of aliphatic hydroxyl groups is 1. The van der Waals surface area contributed by atoms with E-state index < -0.39 is 17.2 Å². The Morgan fingerprint density at radius 2 is 2.18 bits per heavy atom. The minimum Gasteiger partial charge on any atom is -0.469 e. The number of epoxide rings is 1. The van der Waals surface area contributed by atoms with Gasteiger partial charge in [-0.15, -0.1) is 0 Å². The summed E-state index contributed by atoms with van der Waals surface area (Å²) in [5.41, 5.74) is -1.99. The number of hydrogen-bond donors (Lipinski definition) is 1. The number of carbonyl (C=O) groups is 2. The number of ether oxygens (including phenoxy) is 2. The molecule has 4 atom stereocenters. The summed E-state index contributed by atoms with van der Waals surface area (Å²) < 4.78 is 10.1. The molecule has 0 aromatic rings. The van der Waals surface area contributed by atoms with Gasteiger partial charge in [-0.3, -0.25) is 9.59 Å². The van der Waals surface area contributed by atoms with E-state index in [4.69, 9.17) is 4.74 Å². The van der Waals surface area contributed by atoms with Crippen LogP contribution in [-0.2, 0) is 19.1 Å². The lowest BCUT2D eigenvalue weighted by Crippen LogP contribution is -2.52.